The summed E-state index contributed by atoms with van der Waals surface area (Å²) in [5.74, 6) is -0.0619. The molecule has 0 spiro atoms. The third-order valence-corrected chi connectivity index (χ3v) is 2.49. The van der Waals surface area contributed by atoms with Gasteiger partial charge in [-0.2, -0.15) is 0 Å². The van der Waals surface area contributed by atoms with Crippen molar-refractivity contribution in [2.45, 2.75) is 39.2 Å². The van der Waals surface area contributed by atoms with Gasteiger partial charge in [0.15, 0.2) is 0 Å². The molecular weight excluding hydrogens is 206 g/mol. The van der Waals surface area contributed by atoms with Crippen LogP contribution >= 0.6 is 0 Å². The van der Waals surface area contributed by atoms with Crippen LogP contribution in [0.25, 0.3) is 0 Å². The van der Waals surface area contributed by atoms with Crippen LogP contribution in [0, 0.1) is 5.92 Å². The Hall–Kier alpha value is -0.610. The van der Waals surface area contributed by atoms with Gasteiger partial charge in [0.25, 0.3) is 0 Å². The monoisotopic (exact) mass is 229 g/mol. The molecule has 0 radical (unpaired) electrons. The van der Waals surface area contributed by atoms with Gasteiger partial charge in [0, 0.05) is 6.54 Å². The molecule has 94 valence electrons. The van der Waals surface area contributed by atoms with E-state index in [4.69, 9.17) is 9.47 Å². The van der Waals surface area contributed by atoms with Gasteiger partial charge in [-0.15, -0.1) is 0 Å². The molecule has 1 heterocycles. The summed E-state index contributed by atoms with van der Waals surface area (Å²) in [5, 5.41) is 3.20. The zero-order valence-corrected chi connectivity index (χ0v) is 10.5. The van der Waals surface area contributed by atoms with Crippen molar-refractivity contribution in [1.29, 1.82) is 0 Å². The number of hydrogen-bond acceptors (Lipinski definition) is 4. The first-order valence-electron chi connectivity index (χ1n) is 6.00. The molecule has 0 aromatic rings. The van der Waals surface area contributed by atoms with E-state index in [1.807, 2.05) is 20.8 Å². The third-order valence-electron chi connectivity index (χ3n) is 2.49. The zero-order chi connectivity index (χ0) is 12.0. The summed E-state index contributed by atoms with van der Waals surface area (Å²) in [6.45, 7) is 8.54. The second kappa shape index (κ2) is 6.21. The van der Waals surface area contributed by atoms with Gasteiger partial charge in [0.05, 0.1) is 18.1 Å². The van der Waals surface area contributed by atoms with E-state index in [9.17, 15) is 4.79 Å². The Labute approximate surface area is 97.7 Å². The van der Waals surface area contributed by atoms with Crippen LogP contribution < -0.4 is 5.32 Å². The van der Waals surface area contributed by atoms with Gasteiger partial charge in [-0.3, -0.25) is 4.79 Å². The van der Waals surface area contributed by atoms with Crippen molar-refractivity contribution < 1.29 is 14.3 Å². The summed E-state index contributed by atoms with van der Waals surface area (Å²) in [4.78, 5) is 11.6. The maximum Gasteiger partial charge on any atom is 0.310 e. The second-order valence-corrected chi connectivity index (χ2v) is 5.17. The van der Waals surface area contributed by atoms with Crippen molar-refractivity contribution in [3.63, 3.8) is 0 Å². The highest BCUT2D eigenvalue weighted by molar-refractivity contribution is 5.72. The molecule has 1 fully saturated rings. The van der Waals surface area contributed by atoms with Crippen LogP contribution in [0.5, 0.6) is 0 Å². The molecule has 1 rings (SSSR count). The minimum atomic E-state index is -0.168. The largest absolute Gasteiger partial charge is 0.463 e. The lowest BCUT2D eigenvalue weighted by atomic mass is 10.0. The van der Waals surface area contributed by atoms with E-state index in [2.05, 4.69) is 5.32 Å². The van der Waals surface area contributed by atoms with Gasteiger partial charge in [0.2, 0.25) is 0 Å². The van der Waals surface area contributed by atoms with Crippen LogP contribution in [-0.4, -0.2) is 37.9 Å². The number of nitrogens with one attached hydrogen (secondary N) is 1. The lowest BCUT2D eigenvalue weighted by Crippen LogP contribution is -2.35. The van der Waals surface area contributed by atoms with Crippen LogP contribution in [0.1, 0.15) is 33.6 Å². The maximum atomic E-state index is 11.6. The minimum Gasteiger partial charge on any atom is -0.463 e. The van der Waals surface area contributed by atoms with Crippen LogP contribution in [0.2, 0.25) is 0 Å². The molecule has 0 unspecified atom stereocenters. The van der Waals surface area contributed by atoms with Gasteiger partial charge in [-0.1, -0.05) is 0 Å². The number of hydrogen-bond donors (Lipinski definition) is 1. The summed E-state index contributed by atoms with van der Waals surface area (Å²) in [5.41, 5.74) is -0.168. The summed E-state index contributed by atoms with van der Waals surface area (Å²) in [7, 11) is 0. The number of ether oxygens (including phenoxy) is 2. The van der Waals surface area contributed by atoms with Crippen molar-refractivity contribution in [2.24, 2.45) is 5.92 Å². The van der Waals surface area contributed by atoms with Gasteiger partial charge in [0.1, 0.15) is 6.61 Å². The van der Waals surface area contributed by atoms with Crippen molar-refractivity contribution >= 4 is 5.97 Å². The Bertz CT molecular complexity index is 217. The first-order chi connectivity index (χ1) is 7.49. The molecule has 1 aliphatic rings. The average molecular weight is 229 g/mol. The Morgan fingerprint density at radius 1 is 1.38 bits per heavy atom. The molecule has 1 aliphatic heterocycles. The number of rotatable bonds is 4. The molecular formula is C12H23NO3. The first-order valence-corrected chi connectivity index (χ1v) is 6.00. The zero-order valence-electron chi connectivity index (χ0n) is 10.5. The van der Waals surface area contributed by atoms with E-state index in [1.54, 1.807) is 0 Å². The van der Waals surface area contributed by atoms with E-state index >= 15 is 0 Å². The van der Waals surface area contributed by atoms with Crippen molar-refractivity contribution in [3.8, 4) is 0 Å². The van der Waals surface area contributed by atoms with Crippen molar-refractivity contribution in [3.05, 3.63) is 0 Å². The summed E-state index contributed by atoms with van der Waals surface area (Å²) >= 11 is 0. The van der Waals surface area contributed by atoms with Gasteiger partial charge in [-0.25, -0.2) is 0 Å². The Morgan fingerprint density at radius 2 is 2.12 bits per heavy atom. The molecule has 4 heteroatoms. The number of esters is 1. The molecule has 4 nitrogen and oxygen atoms in total. The molecule has 1 saturated heterocycles. The molecule has 1 atom stereocenters. The predicted molar refractivity (Wildman–Crippen MR) is 62.3 cm³/mol. The molecule has 0 amide bonds. The fourth-order valence-corrected chi connectivity index (χ4v) is 1.66. The van der Waals surface area contributed by atoms with Gasteiger partial charge in [-0.05, 0) is 40.2 Å². The van der Waals surface area contributed by atoms with Crippen LogP contribution in [-0.2, 0) is 14.3 Å². The Morgan fingerprint density at radius 3 is 2.69 bits per heavy atom. The fourth-order valence-electron chi connectivity index (χ4n) is 1.66. The summed E-state index contributed by atoms with van der Waals surface area (Å²) in [6, 6.07) is 0. The Balaban J connectivity index is 2.10. The lowest BCUT2D eigenvalue weighted by molar-refractivity contribution is -0.152. The highest BCUT2D eigenvalue weighted by Crippen LogP contribution is 2.12. The maximum absolute atomic E-state index is 11.6. The van der Waals surface area contributed by atoms with Crippen molar-refractivity contribution in [2.75, 3.05) is 26.3 Å². The molecule has 1 N–H and O–H groups in total. The molecule has 0 aliphatic carbocycles. The normalized spacial score (nSPS) is 21.8. The second-order valence-electron chi connectivity index (χ2n) is 5.17. The van der Waals surface area contributed by atoms with Crippen LogP contribution in [0.4, 0.5) is 0 Å². The molecule has 0 bridgehead atoms. The molecule has 16 heavy (non-hydrogen) atoms. The standard InChI is InChI=1S/C12H23NO3/c1-12(2,3)16-8-7-15-11(14)10-5-4-6-13-9-10/h10,13H,4-9H2,1-3H3/t10-/m1/s1. The quantitative estimate of drug-likeness (QED) is 0.584. The van der Waals surface area contributed by atoms with E-state index in [1.165, 1.54) is 0 Å². The van der Waals surface area contributed by atoms with E-state index < -0.39 is 0 Å². The van der Waals surface area contributed by atoms with Gasteiger partial charge >= 0.3 is 5.97 Å². The third kappa shape index (κ3) is 5.47. The lowest BCUT2D eigenvalue weighted by Gasteiger charge is -2.22. The number of carbonyl (C=O) groups excluding carboxylic acids is 1. The minimum absolute atomic E-state index is 0.0309. The van der Waals surface area contributed by atoms with E-state index in [0.29, 0.717) is 13.2 Å². The summed E-state index contributed by atoms with van der Waals surface area (Å²) < 4.78 is 10.6. The fraction of sp³-hybridized carbons (Fsp3) is 0.917. The first kappa shape index (κ1) is 13.5. The molecule has 0 aromatic carbocycles. The van der Waals surface area contributed by atoms with E-state index in [0.717, 1.165) is 25.9 Å². The SMILES string of the molecule is CC(C)(C)OCCOC(=O)[C@@H]1CCCNC1. The van der Waals surface area contributed by atoms with Crippen LogP contribution in [0.15, 0.2) is 0 Å². The topological polar surface area (TPSA) is 47.6 Å². The highest BCUT2D eigenvalue weighted by Gasteiger charge is 2.22. The van der Waals surface area contributed by atoms with Crippen LogP contribution in [0.3, 0.4) is 0 Å². The smallest absolute Gasteiger partial charge is 0.310 e. The Kier molecular flexibility index (Phi) is 5.22. The van der Waals surface area contributed by atoms with Crippen molar-refractivity contribution in [1.82, 2.24) is 5.32 Å². The predicted octanol–water partition coefficient (Wildman–Crippen LogP) is 1.34. The highest BCUT2D eigenvalue weighted by atomic mass is 16.6. The number of carbonyl (C=O) groups is 1. The molecule has 0 aromatic heterocycles. The van der Waals surface area contributed by atoms with E-state index in [-0.39, 0.29) is 17.5 Å². The van der Waals surface area contributed by atoms with Gasteiger partial charge < -0.3 is 14.8 Å². The average Bonchev–Trinajstić information content (AvgIpc) is 2.24. The number of piperidine rings is 1. The molecule has 0 saturated carbocycles. The summed E-state index contributed by atoms with van der Waals surface area (Å²) in [6.07, 6.45) is 1.99.